The monoisotopic (exact) mass is 390 g/mol. The largest absolute Gasteiger partial charge is 0.492 e. The van der Waals surface area contributed by atoms with Crippen molar-refractivity contribution in [2.24, 2.45) is 11.8 Å². The predicted molar refractivity (Wildman–Crippen MR) is 115 cm³/mol. The normalized spacial score (nSPS) is 22.5. The third-order valence-electron chi connectivity index (χ3n) is 5.51. The maximum atomic E-state index is 12.6. The van der Waals surface area contributed by atoms with E-state index in [9.17, 15) is 4.79 Å². The second-order valence-electron chi connectivity index (χ2n) is 8.47. The SMILES string of the molecule is CCCO[C@](C)(CC)C(=O)Nc1ccc(OCCN2C[C@H](C)C[C@H](C)C2)cc1. The van der Waals surface area contributed by atoms with Gasteiger partial charge in [0.1, 0.15) is 18.0 Å². The van der Waals surface area contributed by atoms with E-state index in [2.05, 4.69) is 24.1 Å². The molecule has 1 aliphatic rings. The lowest BCUT2D eigenvalue weighted by Gasteiger charge is -2.34. The van der Waals surface area contributed by atoms with E-state index in [1.54, 1.807) is 0 Å². The topological polar surface area (TPSA) is 50.8 Å². The number of likely N-dealkylation sites (tertiary alicyclic amines) is 1. The van der Waals surface area contributed by atoms with E-state index in [-0.39, 0.29) is 5.91 Å². The van der Waals surface area contributed by atoms with Crippen LogP contribution in [-0.4, -0.2) is 49.3 Å². The summed E-state index contributed by atoms with van der Waals surface area (Å²) in [5.41, 5.74) is -0.0377. The Labute approximate surface area is 170 Å². The Kier molecular flexibility index (Phi) is 8.77. The van der Waals surface area contributed by atoms with Gasteiger partial charge in [-0.05, 0) is 62.3 Å². The number of ether oxygens (including phenoxy) is 2. The summed E-state index contributed by atoms with van der Waals surface area (Å²) >= 11 is 0. The molecule has 0 aromatic heterocycles. The molecule has 28 heavy (non-hydrogen) atoms. The molecule has 0 saturated carbocycles. The van der Waals surface area contributed by atoms with Crippen molar-refractivity contribution in [2.45, 2.75) is 59.5 Å². The van der Waals surface area contributed by atoms with Crippen LogP contribution in [-0.2, 0) is 9.53 Å². The van der Waals surface area contributed by atoms with Gasteiger partial charge < -0.3 is 14.8 Å². The van der Waals surface area contributed by atoms with E-state index in [0.29, 0.717) is 19.6 Å². The van der Waals surface area contributed by atoms with Crippen molar-refractivity contribution in [3.8, 4) is 5.75 Å². The van der Waals surface area contributed by atoms with Crippen LogP contribution >= 0.6 is 0 Å². The minimum atomic E-state index is -0.798. The van der Waals surface area contributed by atoms with Gasteiger partial charge >= 0.3 is 0 Å². The van der Waals surface area contributed by atoms with Crippen molar-refractivity contribution < 1.29 is 14.3 Å². The zero-order valence-corrected chi connectivity index (χ0v) is 18.3. The third-order valence-corrected chi connectivity index (χ3v) is 5.51. The quantitative estimate of drug-likeness (QED) is 0.635. The van der Waals surface area contributed by atoms with Gasteiger partial charge in [0, 0.05) is 31.9 Å². The molecule has 0 unspecified atom stereocenters. The number of nitrogens with zero attached hydrogens (tertiary/aromatic N) is 1. The first-order valence-electron chi connectivity index (χ1n) is 10.8. The molecule has 0 spiro atoms. The molecule has 1 fully saturated rings. The lowest BCUT2D eigenvalue weighted by molar-refractivity contribution is -0.139. The van der Waals surface area contributed by atoms with Crippen LogP contribution in [0, 0.1) is 11.8 Å². The number of benzene rings is 1. The van der Waals surface area contributed by atoms with E-state index in [1.165, 1.54) is 6.42 Å². The van der Waals surface area contributed by atoms with Gasteiger partial charge in [-0.25, -0.2) is 0 Å². The first-order valence-corrected chi connectivity index (χ1v) is 10.8. The number of hydrogen-bond donors (Lipinski definition) is 1. The summed E-state index contributed by atoms with van der Waals surface area (Å²) in [4.78, 5) is 15.1. The van der Waals surface area contributed by atoms with E-state index in [4.69, 9.17) is 9.47 Å². The van der Waals surface area contributed by atoms with Crippen LogP contribution in [0.4, 0.5) is 5.69 Å². The standard InChI is InChI=1S/C23H38N2O3/c1-6-13-28-23(5,7-2)22(26)24-20-8-10-21(11-9-20)27-14-12-25-16-18(3)15-19(4)17-25/h8-11,18-19H,6-7,12-17H2,1-5H3,(H,24,26)/t18-,19+,23-/m1/s1. The summed E-state index contributed by atoms with van der Waals surface area (Å²) in [5.74, 6) is 2.26. The summed E-state index contributed by atoms with van der Waals surface area (Å²) in [6.45, 7) is 15.1. The fraction of sp³-hybridized carbons (Fsp3) is 0.696. The molecule has 1 saturated heterocycles. The molecule has 3 atom stereocenters. The highest BCUT2D eigenvalue weighted by Crippen LogP contribution is 2.22. The molecule has 1 aromatic rings. The molecule has 0 bridgehead atoms. The molecule has 1 N–H and O–H groups in total. The lowest BCUT2D eigenvalue weighted by atomic mass is 9.92. The van der Waals surface area contributed by atoms with Gasteiger partial charge in [-0.3, -0.25) is 9.69 Å². The van der Waals surface area contributed by atoms with Gasteiger partial charge in [-0.2, -0.15) is 0 Å². The Morgan fingerprint density at radius 1 is 1.14 bits per heavy atom. The molecule has 1 heterocycles. The van der Waals surface area contributed by atoms with Crippen LogP contribution in [0.5, 0.6) is 5.75 Å². The van der Waals surface area contributed by atoms with Crippen LogP contribution in [0.15, 0.2) is 24.3 Å². The Hall–Kier alpha value is -1.59. The number of carbonyl (C=O) groups is 1. The molecule has 2 rings (SSSR count). The van der Waals surface area contributed by atoms with Crippen molar-refractivity contribution in [3.63, 3.8) is 0 Å². The Balaban J connectivity index is 1.80. The van der Waals surface area contributed by atoms with Gasteiger partial charge in [-0.15, -0.1) is 0 Å². The number of rotatable bonds is 10. The summed E-state index contributed by atoms with van der Waals surface area (Å²) in [6, 6.07) is 7.59. The van der Waals surface area contributed by atoms with Crippen molar-refractivity contribution in [3.05, 3.63) is 24.3 Å². The van der Waals surface area contributed by atoms with Crippen LogP contribution in [0.2, 0.25) is 0 Å². The number of amides is 1. The summed E-state index contributed by atoms with van der Waals surface area (Å²) in [6.07, 6.45) is 2.85. The van der Waals surface area contributed by atoms with Gasteiger partial charge in [0.2, 0.25) is 0 Å². The zero-order chi connectivity index (χ0) is 20.6. The third kappa shape index (κ3) is 6.78. The number of carbonyl (C=O) groups excluding carboxylic acids is 1. The fourth-order valence-electron chi connectivity index (χ4n) is 3.82. The van der Waals surface area contributed by atoms with Crippen LogP contribution in [0.25, 0.3) is 0 Å². The average Bonchev–Trinajstić information content (AvgIpc) is 2.66. The highest BCUT2D eigenvalue weighted by atomic mass is 16.5. The molecular formula is C23H38N2O3. The van der Waals surface area contributed by atoms with E-state index < -0.39 is 5.60 Å². The fourth-order valence-corrected chi connectivity index (χ4v) is 3.82. The molecular weight excluding hydrogens is 352 g/mol. The van der Waals surface area contributed by atoms with Gasteiger partial charge in [0.05, 0.1) is 0 Å². The van der Waals surface area contributed by atoms with Crippen LogP contribution in [0.1, 0.15) is 53.9 Å². The van der Waals surface area contributed by atoms with Crippen molar-refractivity contribution in [1.29, 1.82) is 0 Å². The van der Waals surface area contributed by atoms with Crippen molar-refractivity contribution in [2.75, 3.05) is 38.2 Å². The van der Waals surface area contributed by atoms with E-state index in [0.717, 1.165) is 49.3 Å². The van der Waals surface area contributed by atoms with Crippen molar-refractivity contribution >= 4 is 11.6 Å². The molecule has 1 aliphatic heterocycles. The number of nitrogens with one attached hydrogen (secondary N) is 1. The molecule has 1 aromatic carbocycles. The van der Waals surface area contributed by atoms with E-state index >= 15 is 0 Å². The number of anilines is 1. The smallest absolute Gasteiger partial charge is 0.256 e. The average molecular weight is 391 g/mol. The highest BCUT2D eigenvalue weighted by molar-refractivity contribution is 5.97. The van der Waals surface area contributed by atoms with Gasteiger partial charge in [0.25, 0.3) is 5.91 Å². The Morgan fingerprint density at radius 3 is 2.36 bits per heavy atom. The van der Waals surface area contributed by atoms with Crippen LogP contribution in [0.3, 0.4) is 0 Å². The zero-order valence-electron chi connectivity index (χ0n) is 18.3. The maximum Gasteiger partial charge on any atom is 0.256 e. The summed E-state index contributed by atoms with van der Waals surface area (Å²) in [5, 5.41) is 2.96. The van der Waals surface area contributed by atoms with Crippen molar-refractivity contribution in [1.82, 2.24) is 4.90 Å². The van der Waals surface area contributed by atoms with E-state index in [1.807, 2.05) is 45.0 Å². The first kappa shape index (κ1) is 22.7. The highest BCUT2D eigenvalue weighted by Gasteiger charge is 2.32. The summed E-state index contributed by atoms with van der Waals surface area (Å²) in [7, 11) is 0. The lowest BCUT2D eigenvalue weighted by Crippen LogP contribution is -2.42. The predicted octanol–water partition coefficient (Wildman–Crippen LogP) is 4.58. The minimum Gasteiger partial charge on any atom is -0.492 e. The number of hydrogen-bond acceptors (Lipinski definition) is 4. The molecule has 158 valence electrons. The molecule has 0 radical (unpaired) electrons. The number of piperidine rings is 1. The Bertz CT molecular complexity index is 594. The first-order chi connectivity index (χ1) is 13.4. The second-order valence-corrected chi connectivity index (χ2v) is 8.47. The molecule has 1 amide bonds. The Morgan fingerprint density at radius 2 is 1.79 bits per heavy atom. The van der Waals surface area contributed by atoms with Gasteiger partial charge in [0.15, 0.2) is 0 Å². The minimum absolute atomic E-state index is 0.106. The van der Waals surface area contributed by atoms with Gasteiger partial charge in [-0.1, -0.05) is 27.7 Å². The second kappa shape index (κ2) is 10.8. The summed E-state index contributed by atoms with van der Waals surface area (Å²) < 4.78 is 11.7. The molecule has 5 heteroatoms. The van der Waals surface area contributed by atoms with Crippen LogP contribution < -0.4 is 10.1 Å². The molecule has 0 aliphatic carbocycles. The maximum absolute atomic E-state index is 12.6. The molecule has 5 nitrogen and oxygen atoms in total.